The molecule has 8 atom stereocenters. The van der Waals surface area contributed by atoms with E-state index in [0.29, 0.717) is 25.7 Å². The Morgan fingerprint density at radius 1 is 1.16 bits per heavy atom. The SMILES string of the molecule is C[C@H]1OC(=O)[C@@H]2C[C@H]3C[C@H](N(CCOC4CCCCO4)C(=O)O)CC[C@H]3[C@H](C=Cc3ccc(-c4cccc(F)c4)cn3)[C@H]12. The molecular weight excluding hydrogens is 551 g/mol. The number of carbonyl (C=O) groups excluding carboxylic acids is 1. The summed E-state index contributed by atoms with van der Waals surface area (Å²) in [7, 11) is 0. The zero-order valence-corrected chi connectivity index (χ0v) is 24.6. The summed E-state index contributed by atoms with van der Waals surface area (Å²) in [4.78, 5) is 31.4. The maximum Gasteiger partial charge on any atom is 0.407 e. The summed E-state index contributed by atoms with van der Waals surface area (Å²) in [6.45, 7) is 3.30. The van der Waals surface area contributed by atoms with Gasteiger partial charge >= 0.3 is 12.1 Å². The highest BCUT2D eigenvalue weighted by Gasteiger charge is 2.55. The number of pyridine rings is 1. The van der Waals surface area contributed by atoms with Crippen LogP contribution in [-0.4, -0.2) is 65.2 Å². The maximum absolute atomic E-state index is 13.7. The van der Waals surface area contributed by atoms with Gasteiger partial charge < -0.3 is 24.2 Å². The average molecular weight is 593 g/mol. The number of hydrogen-bond acceptors (Lipinski definition) is 6. The minimum Gasteiger partial charge on any atom is -0.465 e. The molecule has 1 aromatic heterocycles. The molecule has 1 unspecified atom stereocenters. The molecule has 2 aliphatic heterocycles. The summed E-state index contributed by atoms with van der Waals surface area (Å²) in [5.74, 6) is 0.172. The van der Waals surface area contributed by atoms with Gasteiger partial charge in [-0.25, -0.2) is 9.18 Å². The van der Waals surface area contributed by atoms with Gasteiger partial charge in [-0.1, -0.05) is 24.3 Å². The van der Waals surface area contributed by atoms with E-state index >= 15 is 0 Å². The molecular formula is C34H41FN2O6. The molecule has 1 amide bonds. The Kier molecular flexibility index (Phi) is 9.09. The highest BCUT2D eigenvalue weighted by molar-refractivity contribution is 5.75. The van der Waals surface area contributed by atoms with Crippen LogP contribution in [0.3, 0.4) is 0 Å². The first kappa shape index (κ1) is 29.8. The Morgan fingerprint density at radius 2 is 2.05 bits per heavy atom. The molecule has 230 valence electrons. The second-order valence-corrected chi connectivity index (χ2v) is 12.5. The fraction of sp³-hybridized carbons (Fsp3) is 0.559. The third-order valence-electron chi connectivity index (χ3n) is 10.0. The zero-order valence-electron chi connectivity index (χ0n) is 24.6. The Bertz CT molecular complexity index is 1310. The maximum atomic E-state index is 13.7. The molecule has 0 bridgehead atoms. The lowest BCUT2D eigenvalue weighted by molar-refractivity contribution is -0.164. The molecule has 43 heavy (non-hydrogen) atoms. The number of fused-ring (bicyclic) bond motifs is 2. The van der Waals surface area contributed by atoms with Crippen molar-refractivity contribution in [3.05, 3.63) is 60.2 Å². The molecule has 6 rings (SSSR count). The summed E-state index contributed by atoms with van der Waals surface area (Å²) in [6, 6.07) is 10.2. The third kappa shape index (κ3) is 6.63. The van der Waals surface area contributed by atoms with Gasteiger partial charge in [0, 0.05) is 36.9 Å². The van der Waals surface area contributed by atoms with Crippen LogP contribution in [0.5, 0.6) is 0 Å². The number of rotatable bonds is 8. The molecule has 0 radical (unpaired) electrons. The lowest BCUT2D eigenvalue weighted by Crippen LogP contribution is -2.50. The molecule has 1 aromatic carbocycles. The highest BCUT2D eigenvalue weighted by atomic mass is 19.1. The first-order valence-electron chi connectivity index (χ1n) is 15.7. The van der Waals surface area contributed by atoms with Crippen molar-refractivity contribution < 1.29 is 33.3 Å². The van der Waals surface area contributed by atoms with Crippen LogP contribution in [0, 0.1) is 35.4 Å². The van der Waals surface area contributed by atoms with E-state index in [1.165, 1.54) is 17.0 Å². The molecule has 2 aromatic rings. The van der Waals surface area contributed by atoms with E-state index in [-0.39, 0.29) is 53.9 Å². The van der Waals surface area contributed by atoms with Gasteiger partial charge in [-0.15, -0.1) is 0 Å². The Balaban J connectivity index is 1.15. The molecule has 4 fully saturated rings. The largest absolute Gasteiger partial charge is 0.465 e. The van der Waals surface area contributed by atoms with Crippen LogP contribution >= 0.6 is 0 Å². The van der Waals surface area contributed by atoms with E-state index in [0.717, 1.165) is 61.8 Å². The van der Waals surface area contributed by atoms with E-state index in [2.05, 4.69) is 11.1 Å². The molecule has 0 spiro atoms. The second kappa shape index (κ2) is 13.1. The average Bonchev–Trinajstić information content (AvgIpc) is 3.30. The Labute approximate surface area is 252 Å². The van der Waals surface area contributed by atoms with Crippen molar-refractivity contribution in [2.24, 2.45) is 29.6 Å². The van der Waals surface area contributed by atoms with Crippen LogP contribution in [0.25, 0.3) is 17.2 Å². The number of ether oxygens (including phenoxy) is 3. The van der Waals surface area contributed by atoms with E-state index in [4.69, 9.17) is 14.2 Å². The predicted octanol–water partition coefficient (Wildman–Crippen LogP) is 6.41. The monoisotopic (exact) mass is 592 g/mol. The molecule has 4 aliphatic rings. The standard InChI is InChI=1S/C34H41FN2O6/c1-21-32-29(12-10-26-9-8-23(20-36-26)22-5-4-6-25(35)17-22)28-13-11-27(18-24(28)19-30(32)33(38)43-21)37(34(39)40)14-16-42-31-7-2-3-15-41-31/h4-6,8-10,12,17,20-21,24,27-32H,2-3,7,11,13-16,18-19H2,1H3,(H,39,40)/t21-,24-,27-,28-,29+,30-,31?,32+/m1/s1. The van der Waals surface area contributed by atoms with Crippen molar-refractivity contribution in [2.75, 3.05) is 19.8 Å². The van der Waals surface area contributed by atoms with Crippen molar-refractivity contribution in [2.45, 2.75) is 70.3 Å². The molecule has 1 N–H and O–H groups in total. The summed E-state index contributed by atoms with van der Waals surface area (Å²) in [6.07, 6.45) is 10.7. The second-order valence-electron chi connectivity index (χ2n) is 12.5. The van der Waals surface area contributed by atoms with E-state index in [9.17, 15) is 19.1 Å². The summed E-state index contributed by atoms with van der Waals surface area (Å²) in [5.41, 5.74) is 2.41. The normalized spacial score (nSPS) is 32.2. The van der Waals surface area contributed by atoms with Crippen LogP contribution in [0.4, 0.5) is 9.18 Å². The lowest BCUT2D eigenvalue weighted by Gasteiger charge is -2.49. The molecule has 9 heteroatoms. The van der Waals surface area contributed by atoms with E-state index < -0.39 is 6.09 Å². The Hall–Kier alpha value is -3.30. The van der Waals surface area contributed by atoms with E-state index in [1.807, 2.05) is 31.2 Å². The van der Waals surface area contributed by atoms with Crippen LogP contribution in [0.15, 0.2) is 48.7 Å². The molecule has 8 nitrogen and oxygen atoms in total. The van der Waals surface area contributed by atoms with Gasteiger partial charge in [-0.3, -0.25) is 9.78 Å². The number of aromatic nitrogens is 1. The van der Waals surface area contributed by atoms with E-state index in [1.54, 1.807) is 12.3 Å². The molecule has 2 saturated carbocycles. The van der Waals surface area contributed by atoms with Crippen molar-refractivity contribution in [3.8, 4) is 11.1 Å². The molecule has 2 saturated heterocycles. The van der Waals surface area contributed by atoms with Crippen molar-refractivity contribution in [3.63, 3.8) is 0 Å². The number of amides is 1. The van der Waals surface area contributed by atoms with Crippen LogP contribution in [0.2, 0.25) is 0 Å². The number of benzene rings is 1. The van der Waals surface area contributed by atoms with Gasteiger partial charge in [-0.05, 0) is 99.5 Å². The van der Waals surface area contributed by atoms with Gasteiger partial charge in [0.05, 0.1) is 18.2 Å². The van der Waals surface area contributed by atoms with Crippen molar-refractivity contribution >= 4 is 18.1 Å². The lowest BCUT2D eigenvalue weighted by atomic mass is 9.56. The first-order valence-corrected chi connectivity index (χ1v) is 15.7. The summed E-state index contributed by atoms with van der Waals surface area (Å²) in [5, 5.41) is 10.1. The number of cyclic esters (lactones) is 1. The molecule has 3 heterocycles. The highest BCUT2D eigenvalue weighted by Crippen LogP contribution is 2.54. The fourth-order valence-corrected chi connectivity index (χ4v) is 7.99. The smallest absolute Gasteiger partial charge is 0.407 e. The summed E-state index contributed by atoms with van der Waals surface area (Å²) < 4.78 is 30.9. The van der Waals surface area contributed by atoms with Crippen LogP contribution in [-0.2, 0) is 19.0 Å². The number of halogens is 1. The predicted molar refractivity (Wildman–Crippen MR) is 158 cm³/mol. The number of allylic oxidation sites excluding steroid dienone is 1. The number of nitrogens with zero attached hydrogens (tertiary/aromatic N) is 2. The minimum atomic E-state index is -0.927. The zero-order chi connectivity index (χ0) is 29.9. The first-order chi connectivity index (χ1) is 20.9. The van der Waals surface area contributed by atoms with Gasteiger partial charge in [0.15, 0.2) is 6.29 Å². The number of carboxylic acid groups (broad SMARTS) is 1. The number of hydrogen-bond donors (Lipinski definition) is 1. The van der Waals surface area contributed by atoms with Gasteiger partial charge in [-0.2, -0.15) is 0 Å². The van der Waals surface area contributed by atoms with Crippen LogP contribution in [0.1, 0.15) is 57.6 Å². The van der Waals surface area contributed by atoms with Gasteiger partial charge in [0.1, 0.15) is 11.9 Å². The Morgan fingerprint density at radius 3 is 2.79 bits per heavy atom. The number of esters is 1. The quantitative estimate of drug-likeness (QED) is 0.354. The molecule has 2 aliphatic carbocycles. The fourth-order valence-electron chi connectivity index (χ4n) is 7.99. The minimum absolute atomic E-state index is 0.0904. The summed E-state index contributed by atoms with van der Waals surface area (Å²) >= 11 is 0. The number of carbonyl (C=O) groups is 2. The van der Waals surface area contributed by atoms with Crippen molar-refractivity contribution in [1.82, 2.24) is 9.88 Å². The van der Waals surface area contributed by atoms with Crippen molar-refractivity contribution in [1.29, 1.82) is 0 Å². The topological polar surface area (TPSA) is 98.2 Å². The van der Waals surface area contributed by atoms with Crippen LogP contribution < -0.4 is 0 Å². The third-order valence-corrected chi connectivity index (χ3v) is 10.0. The van der Waals surface area contributed by atoms with Gasteiger partial charge in [0.25, 0.3) is 0 Å². The van der Waals surface area contributed by atoms with Gasteiger partial charge in [0.2, 0.25) is 0 Å².